The molecule has 0 bridgehead atoms. The van der Waals surface area contributed by atoms with Gasteiger partial charge in [0.2, 0.25) is 23.8 Å². The first kappa shape index (κ1) is 30.3. The lowest BCUT2D eigenvalue weighted by Gasteiger charge is -2.37. The van der Waals surface area contributed by atoms with E-state index in [4.69, 9.17) is 27.9 Å². The number of benzene rings is 2. The molecule has 2 aromatic carbocycles. The van der Waals surface area contributed by atoms with Gasteiger partial charge in [-0.25, -0.2) is 0 Å². The van der Waals surface area contributed by atoms with Gasteiger partial charge in [0, 0.05) is 67.3 Å². The van der Waals surface area contributed by atoms with Gasteiger partial charge in [-0.3, -0.25) is 14.5 Å². The molecule has 2 aliphatic rings. The summed E-state index contributed by atoms with van der Waals surface area (Å²) in [5, 5.41) is 12.9. The number of para-hydroxylation sites is 1. The summed E-state index contributed by atoms with van der Waals surface area (Å²) in [6.45, 7) is 1.71. The quantitative estimate of drug-likeness (QED) is 0.109. The van der Waals surface area contributed by atoms with Crippen LogP contribution in [0, 0.1) is 0 Å². The van der Waals surface area contributed by atoms with Crippen molar-refractivity contribution in [3.8, 4) is 0 Å². The number of amides is 1. The van der Waals surface area contributed by atoms with Gasteiger partial charge < -0.3 is 43.2 Å². The second-order valence-electron chi connectivity index (χ2n) is 11.2. The summed E-state index contributed by atoms with van der Waals surface area (Å²) in [6.07, 6.45) is 1.05. The van der Waals surface area contributed by atoms with Crippen molar-refractivity contribution in [1.82, 2.24) is 15.0 Å². The Hall–Kier alpha value is -4.21. The minimum absolute atomic E-state index is 0.105. The number of carbonyl (C=O) groups excluding carboxylic acids is 2. The van der Waals surface area contributed by atoms with E-state index >= 15 is 0 Å². The predicted molar refractivity (Wildman–Crippen MR) is 165 cm³/mol. The van der Waals surface area contributed by atoms with Crippen LogP contribution in [-0.2, 0) is 4.79 Å². The normalized spacial score (nSPS) is 22.3. The van der Waals surface area contributed by atoms with Crippen LogP contribution >= 0.6 is 0 Å². The third-order valence-corrected chi connectivity index (χ3v) is 7.49. The van der Waals surface area contributed by atoms with Crippen LogP contribution in [0.1, 0.15) is 29.6 Å². The molecule has 3 heterocycles. The SMILES string of the molecule is NC1CC(N)CN(c2nc(Nc3ccc(C(=O)CC(=O)N(CO)c4ccccc4)cc3)nc(N3CC(N)CC(N)C3)n2)C1. The van der Waals surface area contributed by atoms with Gasteiger partial charge in [-0.1, -0.05) is 18.2 Å². The number of hydrogen-bond acceptors (Lipinski definition) is 13. The molecule has 0 saturated carbocycles. The molecular formula is C29H39N11O3. The van der Waals surface area contributed by atoms with Gasteiger partial charge in [-0.2, -0.15) is 15.0 Å². The Labute approximate surface area is 250 Å². The second kappa shape index (κ2) is 13.4. The van der Waals surface area contributed by atoms with Crippen LogP contribution in [0.5, 0.6) is 0 Å². The Bertz CT molecular complexity index is 1340. The first-order chi connectivity index (χ1) is 20.7. The second-order valence-corrected chi connectivity index (χ2v) is 11.2. The Morgan fingerprint density at radius 2 is 1.30 bits per heavy atom. The summed E-state index contributed by atoms with van der Waals surface area (Å²) in [5.41, 5.74) is 26.5. The average molecular weight is 590 g/mol. The number of aliphatic hydroxyl groups excluding tert-OH is 1. The lowest BCUT2D eigenvalue weighted by molar-refractivity contribution is -0.118. The fourth-order valence-corrected chi connectivity index (χ4v) is 5.49. The molecule has 2 fully saturated rings. The third-order valence-electron chi connectivity index (χ3n) is 7.49. The highest BCUT2D eigenvalue weighted by Crippen LogP contribution is 2.24. The Balaban J connectivity index is 1.33. The topological polar surface area (TPSA) is 219 Å². The van der Waals surface area contributed by atoms with Gasteiger partial charge in [0.05, 0.1) is 6.42 Å². The van der Waals surface area contributed by atoms with Gasteiger partial charge >= 0.3 is 0 Å². The van der Waals surface area contributed by atoms with Crippen molar-refractivity contribution in [3.63, 3.8) is 0 Å². The molecule has 5 rings (SSSR count). The first-order valence-corrected chi connectivity index (χ1v) is 14.3. The molecule has 10 N–H and O–H groups in total. The Morgan fingerprint density at radius 1 is 0.791 bits per heavy atom. The number of hydrogen-bond donors (Lipinski definition) is 6. The summed E-state index contributed by atoms with van der Waals surface area (Å²) in [5.74, 6) is 0.328. The number of aliphatic hydroxyl groups is 1. The van der Waals surface area contributed by atoms with Gasteiger partial charge in [-0.15, -0.1) is 0 Å². The van der Waals surface area contributed by atoms with Crippen LogP contribution in [0.15, 0.2) is 54.6 Å². The summed E-state index contributed by atoms with van der Waals surface area (Å²) >= 11 is 0. The van der Waals surface area contributed by atoms with Crippen LogP contribution in [0.4, 0.5) is 29.2 Å². The zero-order valence-corrected chi connectivity index (χ0v) is 23.9. The zero-order chi connectivity index (χ0) is 30.5. The van der Waals surface area contributed by atoms with E-state index in [-0.39, 0.29) is 36.4 Å². The zero-order valence-electron chi connectivity index (χ0n) is 23.9. The molecule has 3 aromatic rings. The van der Waals surface area contributed by atoms with E-state index in [1.807, 2.05) is 9.80 Å². The van der Waals surface area contributed by atoms with E-state index < -0.39 is 12.6 Å². The summed E-state index contributed by atoms with van der Waals surface area (Å²) < 4.78 is 0. The minimum atomic E-state index is -0.528. The highest BCUT2D eigenvalue weighted by molar-refractivity contribution is 6.11. The largest absolute Gasteiger partial charge is 0.376 e. The van der Waals surface area contributed by atoms with Gasteiger partial charge in [-0.05, 0) is 49.2 Å². The predicted octanol–water partition coefficient (Wildman–Crippen LogP) is -0.0996. The Morgan fingerprint density at radius 3 is 1.79 bits per heavy atom. The van der Waals surface area contributed by atoms with Gasteiger partial charge in [0.15, 0.2) is 5.78 Å². The number of nitrogens with zero attached hydrogens (tertiary/aromatic N) is 6. The molecule has 0 radical (unpaired) electrons. The van der Waals surface area contributed by atoms with Gasteiger partial charge in [0.1, 0.15) is 6.73 Å². The summed E-state index contributed by atoms with van der Waals surface area (Å²) in [7, 11) is 0. The highest BCUT2D eigenvalue weighted by Gasteiger charge is 2.29. The summed E-state index contributed by atoms with van der Waals surface area (Å²) in [4.78, 5) is 44.8. The molecule has 4 atom stereocenters. The lowest BCUT2D eigenvalue weighted by atomic mass is 10.0. The summed E-state index contributed by atoms with van der Waals surface area (Å²) in [6, 6.07) is 14.9. The third kappa shape index (κ3) is 7.60. The van der Waals surface area contributed by atoms with E-state index in [1.54, 1.807) is 54.6 Å². The molecule has 43 heavy (non-hydrogen) atoms. The van der Waals surface area contributed by atoms with Crippen molar-refractivity contribution in [2.75, 3.05) is 52.9 Å². The van der Waals surface area contributed by atoms with Crippen molar-refractivity contribution in [2.24, 2.45) is 22.9 Å². The van der Waals surface area contributed by atoms with Crippen molar-refractivity contribution in [2.45, 2.75) is 43.4 Å². The number of Topliss-reactive ketones (excluding diaryl/α,β-unsaturated/α-hetero) is 1. The number of nitrogens with one attached hydrogen (secondary N) is 1. The van der Waals surface area contributed by atoms with Crippen LogP contribution in [0.25, 0.3) is 0 Å². The van der Waals surface area contributed by atoms with Crippen molar-refractivity contribution in [1.29, 1.82) is 0 Å². The minimum Gasteiger partial charge on any atom is -0.376 e. The number of nitrogens with two attached hydrogens (primary N) is 4. The van der Waals surface area contributed by atoms with Crippen LogP contribution < -0.4 is 43.0 Å². The standard InChI is InChI=1S/C29H39N11O3/c30-19-10-20(31)14-38(13-19)28-35-27(36-29(37-28)39-15-21(32)11-22(33)16-39)34-23-8-6-18(7-9-23)25(42)12-26(43)40(17-41)24-4-2-1-3-5-24/h1-9,19-22,41H,10-17,30-33H2,(H,34,35,36,37). The Kier molecular flexibility index (Phi) is 9.43. The number of ketones is 1. The first-order valence-electron chi connectivity index (χ1n) is 14.3. The molecule has 228 valence electrons. The van der Waals surface area contributed by atoms with E-state index in [0.717, 1.165) is 17.7 Å². The van der Waals surface area contributed by atoms with Gasteiger partial charge in [0.25, 0.3) is 0 Å². The molecule has 0 spiro atoms. The number of piperidine rings is 2. The molecule has 14 nitrogen and oxygen atoms in total. The smallest absolute Gasteiger partial charge is 0.236 e. The number of anilines is 5. The van der Waals surface area contributed by atoms with E-state index in [9.17, 15) is 14.7 Å². The fourth-order valence-electron chi connectivity index (χ4n) is 5.49. The van der Waals surface area contributed by atoms with E-state index in [2.05, 4.69) is 15.3 Å². The van der Waals surface area contributed by atoms with E-state index in [0.29, 0.717) is 61.0 Å². The molecule has 4 unspecified atom stereocenters. The van der Waals surface area contributed by atoms with E-state index in [1.165, 1.54) is 0 Å². The van der Waals surface area contributed by atoms with Crippen LogP contribution in [-0.4, -0.2) is 88.8 Å². The molecular weight excluding hydrogens is 550 g/mol. The number of carbonyl (C=O) groups is 2. The fraction of sp³-hybridized carbons (Fsp3) is 0.414. The van der Waals surface area contributed by atoms with Crippen LogP contribution in [0.2, 0.25) is 0 Å². The maximum Gasteiger partial charge on any atom is 0.236 e. The number of rotatable bonds is 9. The molecule has 2 saturated heterocycles. The molecule has 0 aliphatic carbocycles. The molecule has 2 aliphatic heterocycles. The number of aromatic nitrogens is 3. The molecule has 1 amide bonds. The molecule has 1 aromatic heterocycles. The maximum atomic E-state index is 12.9. The lowest BCUT2D eigenvalue weighted by Crippen LogP contribution is -2.54. The highest BCUT2D eigenvalue weighted by atomic mass is 16.3. The van der Waals surface area contributed by atoms with Crippen molar-refractivity contribution < 1.29 is 14.7 Å². The van der Waals surface area contributed by atoms with Crippen molar-refractivity contribution in [3.05, 3.63) is 60.2 Å². The maximum absolute atomic E-state index is 12.9. The van der Waals surface area contributed by atoms with Crippen LogP contribution in [0.3, 0.4) is 0 Å². The van der Waals surface area contributed by atoms with Crippen molar-refractivity contribution >= 4 is 40.9 Å². The monoisotopic (exact) mass is 589 g/mol. The molecule has 14 heteroatoms. The average Bonchev–Trinajstić information content (AvgIpc) is 2.97.